The van der Waals surface area contributed by atoms with Crippen molar-refractivity contribution in [2.45, 2.75) is 13.8 Å². The van der Waals surface area contributed by atoms with E-state index in [0.29, 0.717) is 36.2 Å². The summed E-state index contributed by atoms with van der Waals surface area (Å²) in [6, 6.07) is 27.6. The molecule has 6 nitrogen and oxygen atoms in total. The topological polar surface area (TPSA) is 69.3 Å². The number of hydrogen-bond donors (Lipinski definition) is 3. The third-order valence-corrected chi connectivity index (χ3v) is 7.21. The molecule has 0 aliphatic rings. The highest BCUT2D eigenvalue weighted by molar-refractivity contribution is 6.18. The lowest BCUT2D eigenvalue weighted by Crippen LogP contribution is -2.27. The highest BCUT2D eigenvalue weighted by Gasteiger charge is 2.13. The van der Waals surface area contributed by atoms with Crippen LogP contribution in [0.3, 0.4) is 0 Å². The largest absolute Gasteiger partial charge is 0.369 e. The van der Waals surface area contributed by atoms with Crippen LogP contribution < -0.4 is 20.9 Å². The smallest absolute Gasteiger partial charge is 0.323 e. The molecular formula is C32H31Cl2N5O. The zero-order valence-electron chi connectivity index (χ0n) is 22.5. The van der Waals surface area contributed by atoms with Gasteiger partial charge >= 0.3 is 6.03 Å². The van der Waals surface area contributed by atoms with Crippen LogP contribution in [-0.2, 0) is 0 Å². The van der Waals surface area contributed by atoms with Crippen LogP contribution in [0.25, 0.3) is 21.8 Å². The van der Waals surface area contributed by atoms with E-state index in [4.69, 9.17) is 28.2 Å². The number of rotatable bonds is 9. The molecule has 8 heteroatoms. The van der Waals surface area contributed by atoms with Gasteiger partial charge in [0.25, 0.3) is 0 Å². The molecule has 0 atom stereocenters. The third-order valence-electron chi connectivity index (χ3n) is 6.87. The molecule has 0 spiro atoms. The van der Waals surface area contributed by atoms with E-state index in [1.165, 1.54) is 0 Å². The van der Waals surface area contributed by atoms with Crippen molar-refractivity contribution in [1.82, 2.24) is 4.98 Å². The number of fused-ring (bicyclic) bond motifs is 2. The zero-order valence-corrected chi connectivity index (χ0v) is 24.0. The van der Waals surface area contributed by atoms with Gasteiger partial charge in [0, 0.05) is 58.4 Å². The van der Waals surface area contributed by atoms with Crippen molar-refractivity contribution >= 4 is 79.5 Å². The van der Waals surface area contributed by atoms with Crippen molar-refractivity contribution in [2.24, 2.45) is 0 Å². The van der Waals surface area contributed by atoms with E-state index in [-0.39, 0.29) is 6.03 Å². The minimum Gasteiger partial charge on any atom is -0.369 e. The second-order valence-electron chi connectivity index (χ2n) is 9.62. The molecule has 0 saturated carbocycles. The summed E-state index contributed by atoms with van der Waals surface area (Å²) in [5, 5.41) is 11.6. The van der Waals surface area contributed by atoms with Crippen LogP contribution >= 0.6 is 23.2 Å². The minimum atomic E-state index is -0.318. The van der Waals surface area contributed by atoms with Gasteiger partial charge in [-0.2, -0.15) is 0 Å². The molecule has 0 bridgehead atoms. The molecule has 0 aliphatic heterocycles. The standard InChI is InChI=1S/C32H31Cl2N5O/c1-21-10-11-24(35-31-26-7-3-4-9-28(26)37-30-22(2)6-5-8-27(30)31)20-29(21)38-32(40)36-23-12-14-25(15-13-23)39(18-16-33)19-17-34/h3-15,20H,16-19H2,1-2H3,(H,35,37)(H2,36,38,40). The van der Waals surface area contributed by atoms with E-state index in [1.54, 1.807) is 0 Å². The fourth-order valence-electron chi connectivity index (χ4n) is 4.78. The minimum absolute atomic E-state index is 0.318. The van der Waals surface area contributed by atoms with E-state index < -0.39 is 0 Å². The Hall–Kier alpha value is -4.00. The molecular weight excluding hydrogens is 541 g/mol. The van der Waals surface area contributed by atoms with Gasteiger partial charge < -0.3 is 20.9 Å². The number of hydrogen-bond acceptors (Lipinski definition) is 4. The maximum Gasteiger partial charge on any atom is 0.323 e. The number of para-hydroxylation sites is 2. The van der Waals surface area contributed by atoms with Gasteiger partial charge in [0.05, 0.1) is 16.7 Å². The first kappa shape index (κ1) is 27.6. The molecule has 0 unspecified atom stereocenters. The van der Waals surface area contributed by atoms with Crippen LogP contribution in [0.2, 0.25) is 0 Å². The number of carbonyl (C=O) groups excluding carboxylic acids is 1. The number of urea groups is 1. The molecule has 0 aliphatic carbocycles. The molecule has 0 fully saturated rings. The average Bonchev–Trinajstić information content (AvgIpc) is 2.95. The van der Waals surface area contributed by atoms with Gasteiger partial charge in [0.1, 0.15) is 0 Å². The Morgan fingerprint density at radius 1 is 0.775 bits per heavy atom. The fourth-order valence-corrected chi connectivity index (χ4v) is 5.19. The quantitative estimate of drug-likeness (QED) is 0.122. The van der Waals surface area contributed by atoms with Crippen LogP contribution in [0.15, 0.2) is 84.9 Å². The maximum atomic E-state index is 12.9. The lowest BCUT2D eigenvalue weighted by Gasteiger charge is -2.23. The van der Waals surface area contributed by atoms with Gasteiger partial charge in [-0.05, 0) is 67.4 Å². The Balaban J connectivity index is 1.36. The molecule has 5 aromatic rings. The predicted molar refractivity (Wildman–Crippen MR) is 171 cm³/mol. The van der Waals surface area contributed by atoms with Gasteiger partial charge in [0.2, 0.25) is 0 Å². The first-order valence-corrected chi connectivity index (χ1v) is 14.2. The number of pyridine rings is 1. The second-order valence-corrected chi connectivity index (χ2v) is 10.4. The molecule has 204 valence electrons. The maximum absolute atomic E-state index is 12.9. The molecule has 5 rings (SSSR count). The van der Waals surface area contributed by atoms with Crippen LogP contribution in [0.5, 0.6) is 0 Å². The highest BCUT2D eigenvalue weighted by Crippen LogP contribution is 2.35. The number of carbonyl (C=O) groups is 1. The van der Waals surface area contributed by atoms with Crippen molar-refractivity contribution in [3.05, 3.63) is 96.1 Å². The van der Waals surface area contributed by atoms with Gasteiger partial charge in [-0.15, -0.1) is 23.2 Å². The Morgan fingerprint density at radius 2 is 1.48 bits per heavy atom. The SMILES string of the molecule is Cc1ccc(Nc2c3ccccc3nc3c(C)cccc23)cc1NC(=O)Nc1ccc(N(CCCl)CCCl)cc1. The zero-order chi connectivity index (χ0) is 28.1. The number of halogens is 2. The van der Waals surface area contributed by atoms with E-state index >= 15 is 0 Å². The Bertz CT molecular complexity index is 1650. The molecule has 40 heavy (non-hydrogen) atoms. The first-order chi connectivity index (χ1) is 19.5. The summed E-state index contributed by atoms with van der Waals surface area (Å²) in [5.74, 6) is 1.03. The van der Waals surface area contributed by atoms with E-state index in [1.807, 2.05) is 73.7 Å². The van der Waals surface area contributed by atoms with Crippen LogP contribution in [0.1, 0.15) is 11.1 Å². The van der Waals surface area contributed by atoms with Gasteiger partial charge in [-0.3, -0.25) is 0 Å². The lowest BCUT2D eigenvalue weighted by atomic mass is 10.0. The summed E-state index contributed by atoms with van der Waals surface area (Å²) >= 11 is 11.9. The number of alkyl halides is 2. The second kappa shape index (κ2) is 12.5. The molecule has 4 aromatic carbocycles. The molecule has 3 N–H and O–H groups in total. The van der Waals surface area contributed by atoms with Crippen molar-refractivity contribution < 1.29 is 4.79 Å². The summed E-state index contributed by atoms with van der Waals surface area (Å²) in [6.45, 7) is 5.45. The Kier molecular flexibility index (Phi) is 8.58. The average molecular weight is 573 g/mol. The van der Waals surface area contributed by atoms with Gasteiger partial charge in [-0.25, -0.2) is 9.78 Å². The third kappa shape index (κ3) is 6.09. The van der Waals surface area contributed by atoms with Crippen molar-refractivity contribution in [3.8, 4) is 0 Å². The molecule has 1 aromatic heterocycles. The van der Waals surface area contributed by atoms with Crippen molar-refractivity contribution in [2.75, 3.05) is 45.7 Å². The van der Waals surface area contributed by atoms with Crippen molar-refractivity contribution in [3.63, 3.8) is 0 Å². The normalized spacial score (nSPS) is 11.0. The summed E-state index contributed by atoms with van der Waals surface area (Å²) in [5.41, 5.74) is 8.23. The van der Waals surface area contributed by atoms with Crippen molar-refractivity contribution in [1.29, 1.82) is 0 Å². The Labute approximate surface area is 244 Å². The predicted octanol–water partition coefficient (Wildman–Crippen LogP) is 8.68. The first-order valence-electron chi connectivity index (χ1n) is 13.2. The number of benzene rings is 4. The highest BCUT2D eigenvalue weighted by atomic mass is 35.5. The summed E-state index contributed by atoms with van der Waals surface area (Å²) in [6.07, 6.45) is 0. The summed E-state index contributed by atoms with van der Waals surface area (Å²) in [7, 11) is 0. The van der Waals surface area contributed by atoms with Crippen LogP contribution in [-0.4, -0.2) is 35.9 Å². The molecule has 0 saturated heterocycles. The van der Waals surface area contributed by atoms with Gasteiger partial charge in [0.15, 0.2) is 0 Å². The molecule has 2 amide bonds. The van der Waals surface area contributed by atoms with E-state index in [9.17, 15) is 4.79 Å². The summed E-state index contributed by atoms with van der Waals surface area (Å²) < 4.78 is 0. The number of aromatic nitrogens is 1. The van der Waals surface area contributed by atoms with Crippen LogP contribution in [0, 0.1) is 13.8 Å². The van der Waals surface area contributed by atoms with E-state index in [2.05, 4.69) is 46.0 Å². The monoisotopic (exact) mass is 571 g/mol. The molecule has 1 heterocycles. The van der Waals surface area contributed by atoms with Crippen LogP contribution in [0.4, 0.5) is 33.2 Å². The number of nitrogens with one attached hydrogen (secondary N) is 3. The van der Waals surface area contributed by atoms with E-state index in [0.717, 1.165) is 50.0 Å². The molecule has 0 radical (unpaired) electrons. The fraction of sp³-hybridized carbons (Fsp3) is 0.188. The lowest BCUT2D eigenvalue weighted by molar-refractivity contribution is 0.262. The summed E-state index contributed by atoms with van der Waals surface area (Å²) in [4.78, 5) is 19.9. The Morgan fingerprint density at radius 3 is 2.23 bits per heavy atom. The number of amides is 2. The number of nitrogens with zero attached hydrogens (tertiary/aromatic N) is 2. The number of anilines is 5. The number of aryl methyl sites for hydroxylation is 2. The van der Waals surface area contributed by atoms with Gasteiger partial charge in [-0.1, -0.05) is 42.5 Å².